The molecule has 0 aliphatic rings. The predicted molar refractivity (Wildman–Crippen MR) is 124 cm³/mol. The lowest BCUT2D eigenvalue weighted by Gasteiger charge is -2.51. The molecule has 0 saturated heterocycles. The van der Waals surface area contributed by atoms with E-state index in [2.05, 4.69) is 79.7 Å². The molecule has 160 valence electrons. The van der Waals surface area contributed by atoms with Crippen LogP contribution in [0.4, 0.5) is 0 Å². The summed E-state index contributed by atoms with van der Waals surface area (Å²) in [6, 6.07) is 0. The van der Waals surface area contributed by atoms with Gasteiger partial charge < -0.3 is 17.4 Å². The Morgan fingerprint density at radius 2 is 1.44 bits per heavy atom. The van der Waals surface area contributed by atoms with Crippen molar-refractivity contribution >= 4 is 40.9 Å². The second kappa shape index (κ2) is 10.1. The summed E-state index contributed by atoms with van der Waals surface area (Å²) in [6.45, 7) is 27.8. The lowest BCUT2D eigenvalue weighted by atomic mass is 9.86. The van der Waals surface area contributed by atoms with Gasteiger partial charge in [-0.3, -0.25) is 0 Å². The third-order valence-corrected chi connectivity index (χ3v) is 14.5. The minimum absolute atomic E-state index is 0.207. The second-order valence-corrected chi connectivity index (χ2v) is 24.5. The normalized spacial score (nSPS) is 15.7. The molecule has 0 aliphatic heterocycles. The molecule has 0 amide bonds. The molecule has 0 aromatic carbocycles. The monoisotopic (exact) mass is 450 g/mol. The van der Waals surface area contributed by atoms with E-state index in [-0.39, 0.29) is 12.0 Å². The van der Waals surface area contributed by atoms with Gasteiger partial charge in [0.2, 0.25) is 0 Å². The molecule has 9 heteroatoms. The molecule has 0 aromatic rings. The van der Waals surface area contributed by atoms with E-state index in [1.54, 1.807) is 0 Å². The van der Waals surface area contributed by atoms with Gasteiger partial charge in [0.05, 0.1) is 6.61 Å². The van der Waals surface area contributed by atoms with Crippen LogP contribution in [0.3, 0.4) is 0 Å². The molecule has 0 heterocycles. The highest BCUT2D eigenvalue weighted by Crippen LogP contribution is 2.42. The average Bonchev–Trinajstić information content (AvgIpc) is 2.40. The summed E-state index contributed by atoms with van der Waals surface area (Å²) in [6.07, 6.45) is 1.77. The van der Waals surface area contributed by atoms with Gasteiger partial charge in [0.25, 0.3) is 0 Å². The van der Waals surface area contributed by atoms with Crippen molar-refractivity contribution in [2.24, 2.45) is 5.41 Å². The van der Waals surface area contributed by atoms with Crippen LogP contribution in [0.25, 0.3) is 0 Å². The highest BCUT2D eigenvalue weighted by molar-refractivity contribution is 6.82. The number of hydrogen-bond donors (Lipinski definition) is 0. The Labute approximate surface area is 172 Å². The number of ether oxygens (including phenoxy) is 1. The Morgan fingerprint density at radius 1 is 1.00 bits per heavy atom. The zero-order valence-electron chi connectivity index (χ0n) is 19.4. The highest BCUT2D eigenvalue weighted by Gasteiger charge is 2.55. The van der Waals surface area contributed by atoms with E-state index < -0.39 is 46.2 Å². The Hall–Kier alpha value is -0.0425. The lowest BCUT2D eigenvalue weighted by Crippen LogP contribution is -2.65. The Balaban J connectivity index is 6.13. The summed E-state index contributed by atoms with van der Waals surface area (Å²) in [5.41, 5.74) is -0.207. The molecule has 0 radical (unpaired) electrons. The summed E-state index contributed by atoms with van der Waals surface area (Å²) in [5.74, 6) is -0.407. The van der Waals surface area contributed by atoms with E-state index >= 15 is 0 Å². The van der Waals surface area contributed by atoms with Gasteiger partial charge in [-0.2, -0.15) is 0 Å². The van der Waals surface area contributed by atoms with Crippen LogP contribution in [0, 0.1) is 5.41 Å². The molecule has 0 aromatic heterocycles. The van der Waals surface area contributed by atoms with Gasteiger partial charge in [-0.1, -0.05) is 27.4 Å². The number of rotatable bonds is 11. The number of esters is 1. The molecular formula is C18H42O5Si4. The lowest BCUT2D eigenvalue weighted by molar-refractivity contribution is -0.139. The zero-order chi connectivity index (χ0) is 21.7. The summed E-state index contributed by atoms with van der Waals surface area (Å²) in [5, 5.41) is -0.560. The molecule has 5 nitrogen and oxygen atoms in total. The van der Waals surface area contributed by atoms with E-state index in [9.17, 15) is 4.79 Å². The van der Waals surface area contributed by atoms with Gasteiger partial charge in [-0.25, -0.2) is 4.79 Å². The first-order valence-corrected chi connectivity index (χ1v) is 20.9. The SMILES string of the molecule is C=CC(=O)OCCC(O[SiH](C)C)([SiH](O[Si](C)(C)C)O[Si](C)(C)C)C(C)(C)C. The second-order valence-electron chi connectivity index (χ2n) is 10.2. The van der Waals surface area contributed by atoms with Crippen LogP contribution < -0.4 is 0 Å². The molecule has 1 unspecified atom stereocenters. The first-order valence-electron chi connectivity index (χ1n) is 9.76. The van der Waals surface area contributed by atoms with Crippen LogP contribution in [0.2, 0.25) is 52.4 Å². The average molecular weight is 451 g/mol. The molecule has 0 fully saturated rings. The van der Waals surface area contributed by atoms with Crippen LogP contribution in [-0.2, 0) is 22.2 Å². The van der Waals surface area contributed by atoms with Crippen LogP contribution >= 0.6 is 0 Å². The summed E-state index contributed by atoms with van der Waals surface area (Å²) in [7, 11) is -7.40. The van der Waals surface area contributed by atoms with E-state index in [0.29, 0.717) is 6.42 Å². The number of carbonyl (C=O) groups is 1. The third-order valence-electron chi connectivity index (χ3n) is 3.90. The first-order chi connectivity index (χ1) is 11.9. The molecule has 0 rings (SSSR count). The number of carbonyl (C=O) groups excluding carboxylic acids is 1. The molecule has 0 bridgehead atoms. The van der Waals surface area contributed by atoms with E-state index in [1.807, 2.05) is 0 Å². The third kappa shape index (κ3) is 9.82. The van der Waals surface area contributed by atoms with Crippen molar-refractivity contribution in [2.75, 3.05) is 6.61 Å². The maximum atomic E-state index is 11.6. The summed E-state index contributed by atoms with van der Waals surface area (Å²) < 4.78 is 25.5. The molecule has 0 N–H and O–H groups in total. The van der Waals surface area contributed by atoms with Crippen LogP contribution in [0.1, 0.15) is 27.2 Å². The van der Waals surface area contributed by atoms with Gasteiger partial charge >= 0.3 is 15.3 Å². The van der Waals surface area contributed by atoms with Crippen molar-refractivity contribution in [2.45, 2.75) is 84.8 Å². The molecular weight excluding hydrogens is 409 g/mol. The molecule has 0 saturated carbocycles. The topological polar surface area (TPSA) is 54.0 Å². The minimum atomic E-state index is -2.27. The van der Waals surface area contributed by atoms with Gasteiger partial charge in [-0.15, -0.1) is 0 Å². The molecule has 0 spiro atoms. The fourth-order valence-corrected chi connectivity index (χ4v) is 13.7. The van der Waals surface area contributed by atoms with Gasteiger partial charge in [0.1, 0.15) is 5.22 Å². The van der Waals surface area contributed by atoms with Gasteiger partial charge in [-0.05, 0) is 57.8 Å². The van der Waals surface area contributed by atoms with Gasteiger partial charge in [0.15, 0.2) is 25.7 Å². The van der Waals surface area contributed by atoms with Crippen molar-refractivity contribution in [3.63, 3.8) is 0 Å². The molecule has 1 atom stereocenters. The predicted octanol–water partition coefficient (Wildman–Crippen LogP) is 4.35. The first kappa shape index (κ1) is 27.0. The van der Waals surface area contributed by atoms with Crippen LogP contribution in [0.5, 0.6) is 0 Å². The number of hydrogen-bond acceptors (Lipinski definition) is 5. The fraction of sp³-hybridized carbons (Fsp3) is 0.833. The van der Waals surface area contributed by atoms with Crippen molar-refractivity contribution < 1.29 is 22.2 Å². The standard InChI is InChI=1S/C18H42O5Si4/c1-13-16(19)20-15-14-18(17(2,3)4,21-24(5)6)25(22-26(7,8)9)23-27(10,11)12/h13,24-25H,1,14-15H2,2-12H3. The van der Waals surface area contributed by atoms with Crippen molar-refractivity contribution in [1.82, 2.24) is 0 Å². The summed E-state index contributed by atoms with van der Waals surface area (Å²) >= 11 is 0. The van der Waals surface area contributed by atoms with Crippen molar-refractivity contribution in [3.8, 4) is 0 Å². The van der Waals surface area contributed by atoms with E-state index in [0.717, 1.165) is 0 Å². The maximum Gasteiger partial charge on any atom is 0.333 e. The molecule has 27 heavy (non-hydrogen) atoms. The molecule has 0 aliphatic carbocycles. The van der Waals surface area contributed by atoms with Crippen molar-refractivity contribution in [3.05, 3.63) is 12.7 Å². The highest BCUT2D eigenvalue weighted by atomic mass is 28.4. The smallest absolute Gasteiger partial charge is 0.333 e. The van der Waals surface area contributed by atoms with Crippen LogP contribution in [-0.4, -0.2) is 52.8 Å². The zero-order valence-corrected chi connectivity index (χ0v) is 23.7. The van der Waals surface area contributed by atoms with Crippen LogP contribution in [0.15, 0.2) is 12.7 Å². The fourth-order valence-electron chi connectivity index (χ4n) is 2.78. The summed E-state index contributed by atoms with van der Waals surface area (Å²) in [4.78, 5) is 11.6. The van der Waals surface area contributed by atoms with Gasteiger partial charge in [0, 0.05) is 12.5 Å². The quantitative estimate of drug-likeness (QED) is 0.266. The largest absolute Gasteiger partial charge is 0.462 e. The maximum absolute atomic E-state index is 11.6. The Bertz CT molecular complexity index is 475. The minimum Gasteiger partial charge on any atom is -0.462 e. The Kier molecular flexibility index (Phi) is 10.1. The van der Waals surface area contributed by atoms with E-state index in [1.165, 1.54) is 6.08 Å². The van der Waals surface area contributed by atoms with E-state index in [4.69, 9.17) is 17.4 Å². The van der Waals surface area contributed by atoms with Crippen molar-refractivity contribution in [1.29, 1.82) is 0 Å². The Morgan fingerprint density at radius 3 is 1.74 bits per heavy atom.